The lowest BCUT2D eigenvalue weighted by Gasteiger charge is -2.42. The molecule has 0 saturated heterocycles. The van der Waals surface area contributed by atoms with E-state index in [2.05, 4.69) is 11.4 Å². The summed E-state index contributed by atoms with van der Waals surface area (Å²) in [6.45, 7) is 4.17. The van der Waals surface area contributed by atoms with Crippen molar-refractivity contribution in [2.75, 3.05) is 13.2 Å². The smallest absolute Gasteiger partial charge is 0.138 e. The minimum absolute atomic E-state index is 0.108. The SMILES string of the molecule is CC1(C)Oc2ccc(C#N)cc2[C@@H](NC=C(COCC=C=O)OCc2ccccc2)[C@@H]1O. The molecule has 166 valence electrons. The number of hydrogen-bond donors (Lipinski definition) is 2. The summed E-state index contributed by atoms with van der Waals surface area (Å²) >= 11 is 0. The normalized spacial score (nSPS) is 19.0. The van der Waals surface area contributed by atoms with Gasteiger partial charge < -0.3 is 24.6 Å². The number of rotatable bonds is 9. The van der Waals surface area contributed by atoms with Gasteiger partial charge in [0.15, 0.2) is 0 Å². The van der Waals surface area contributed by atoms with Crippen LogP contribution in [0.25, 0.3) is 0 Å². The number of nitriles is 1. The Morgan fingerprint density at radius 1 is 1.28 bits per heavy atom. The molecule has 0 aliphatic carbocycles. The van der Waals surface area contributed by atoms with Gasteiger partial charge in [0.25, 0.3) is 0 Å². The Labute approximate surface area is 187 Å². The Balaban J connectivity index is 1.82. The van der Waals surface area contributed by atoms with E-state index in [9.17, 15) is 15.2 Å². The Morgan fingerprint density at radius 2 is 2.06 bits per heavy atom. The maximum Gasteiger partial charge on any atom is 0.138 e. The molecule has 0 spiro atoms. The fourth-order valence-corrected chi connectivity index (χ4v) is 3.36. The van der Waals surface area contributed by atoms with E-state index < -0.39 is 17.7 Å². The summed E-state index contributed by atoms with van der Waals surface area (Å²) in [5.74, 6) is 2.76. The van der Waals surface area contributed by atoms with Crippen molar-refractivity contribution in [2.45, 2.75) is 38.2 Å². The standard InChI is InChI=1S/C25H26N2O5/c1-25(2)24(29)23(21-13-19(14-26)9-10-22(21)32-25)27-15-20(17-30-12-6-11-28)31-16-18-7-4-3-5-8-18/h3-10,13,15,23-24,27,29H,12,16-17H2,1-2H3/t23-,24+/m1/s1. The molecule has 2 aromatic rings. The molecule has 0 fully saturated rings. The fraction of sp³-hybridized carbons (Fsp3) is 0.320. The second kappa shape index (κ2) is 10.7. The van der Waals surface area contributed by atoms with Crippen molar-refractivity contribution in [1.82, 2.24) is 5.32 Å². The molecule has 2 atom stereocenters. The van der Waals surface area contributed by atoms with Gasteiger partial charge in [0.05, 0.1) is 24.3 Å². The molecular weight excluding hydrogens is 408 g/mol. The number of nitrogens with one attached hydrogen (secondary N) is 1. The van der Waals surface area contributed by atoms with Gasteiger partial charge in [0, 0.05) is 17.8 Å². The van der Waals surface area contributed by atoms with Crippen LogP contribution >= 0.6 is 0 Å². The van der Waals surface area contributed by atoms with Crippen LogP contribution in [-0.2, 0) is 20.9 Å². The van der Waals surface area contributed by atoms with Crippen LogP contribution in [0, 0.1) is 11.3 Å². The van der Waals surface area contributed by atoms with E-state index in [1.165, 1.54) is 6.08 Å². The van der Waals surface area contributed by atoms with Gasteiger partial charge in [-0.15, -0.1) is 0 Å². The molecule has 1 aliphatic heterocycles. The first-order valence-electron chi connectivity index (χ1n) is 10.2. The molecule has 0 aromatic heterocycles. The number of benzene rings is 2. The number of aliphatic hydroxyl groups excluding tert-OH is 1. The Kier molecular flexibility index (Phi) is 7.69. The van der Waals surface area contributed by atoms with Crippen molar-refractivity contribution in [3.63, 3.8) is 0 Å². The van der Waals surface area contributed by atoms with E-state index in [4.69, 9.17) is 14.2 Å². The molecule has 0 unspecified atom stereocenters. The molecule has 3 rings (SSSR count). The van der Waals surface area contributed by atoms with Crippen molar-refractivity contribution in [1.29, 1.82) is 5.26 Å². The predicted octanol–water partition coefficient (Wildman–Crippen LogP) is 3.18. The van der Waals surface area contributed by atoms with Crippen LogP contribution in [0.1, 0.15) is 36.6 Å². The maximum atomic E-state index is 11.0. The third-order valence-electron chi connectivity index (χ3n) is 5.09. The van der Waals surface area contributed by atoms with Gasteiger partial charge >= 0.3 is 0 Å². The average molecular weight is 434 g/mol. The Bertz CT molecular complexity index is 1040. The first-order chi connectivity index (χ1) is 15.4. The van der Waals surface area contributed by atoms with Crippen LogP contribution in [0.15, 0.2) is 66.6 Å². The molecule has 32 heavy (non-hydrogen) atoms. The van der Waals surface area contributed by atoms with Crippen molar-refractivity contribution in [2.24, 2.45) is 0 Å². The Hall–Kier alpha value is -3.56. The number of fused-ring (bicyclic) bond motifs is 1. The summed E-state index contributed by atoms with van der Waals surface area (Å²) in [6, 6.07) is 16.4. The van der Waals surface area contributed by atoms with E-state index >= 15 is 0 Å². The molecule has 0 saturated carbocycles. The highest BCUT2D eigenvalue weighted by molar-refractivity contribution is 5.46. The van der Waals surface area contributed by atoms with E-state index in [1.807, 2.05) is 30.3 Å². The monoisotopic (exact) mass is 434 g/mol. The lowest BCUT2D eigenvalue weighted by Crippen LogP contribution is -2.51. The maximum absolute atomic E-state index is 11.0. The zero-order valence-corrected chi connectivity index (χ0v) is 18.1. The number of ether oxygens (including phenoxy) is 3. The highest BCUT2D eigenvalue weighted by Gasteiger charge is 2.42. The van der Waals surface area contributed by atoms with Crippen LogP contribution in [-0.4, -0.2) is 36.0 Å². The van der Waals surface area contributed by atoms with E-state index in [0.717, 1.165) is 5.56 Å². The summed E-state index contributed by atoms with van der Waals surface area (Å²) in [7, 11) is 0. The number of aliphatic hydroxyl groups is 1. The van der Waals surface area contributed by atoms with Gasteiger partial charge in [-0.2, -0.15) is 5.26 Å². The van der Waals surface area contributed by atoms with Crippen molar-refractivity contribution < 1.29 is 24.1 Å². The summed E-state index contributed by atoms with van der Waals surface area (Å²) in [4.78, 5) is 10.4. The molecule has 0 bridgehead atoms. The summed E-state index contributed by atoms with van der Waals surface area (Å²) in [5, 5.41) is 23.5. The molecule has 1 aliphatic rings. The van der Waals surface area contributed by atoms with Crippen molar-refractivity contribution in [3.05, 3.63) is 83.3 Å². The largest absolute Gasteiger partial charge is 0.489 e. The molecule has 2 aromatic carbocycles. The van der Waals surface area contributed by atoms with Crippen LogP contribution in [0.3, 0.4) is 0 Å². The second-order valence-corrected chi connectivity index (χ2v) is 7.88. The van der Waals surface area contributed by atoms with Gasteiger partial charge in [-0.25, -0.2) is 4.79 Å². The average Bonchev–Trinajstić information content (AvgIpc) is 2.80. The van der Waals surface area contributed by atoms with Crippen LogP contribution < -0.4 is 10.1 Å². The summed E-state index contributed by atoms with van der Waals surface area (Å²) in [6.07, 6.45) is 1.99. The minimum Gasteiger partial charge on any atom is -0.489 e. The van der Waals surface area contributed by atoms with E-state index in [1.54, 1.807) is 44.2 Å². The van der Waals surface area contributed by atoms with Crippen molar-refractivity contribution >= 4 is 5.94 Å². The molecule has 0 radical (unpaired) electrons. The van der Waals surface area contributed by atoms with Crippen LogP contribution in [0.4, 0.5) is 0 Å². The molecule has 2 N–H and O–H groups in total. The van der Waals surface area contributed by atoms with Crippen molar-refractivity contribution in [3.8, 4) is 11.8 Å². The van der Waals surface area contributed by atoms with Crippen LogP contribution in [0.2, 0.25) is 0 Å². The lowest BCUT2D eigenvalue weighted by atomic mass is 9.86. The third kappa shape index (κ3) is 5.77. The Morgan fingerprint density at radius 3 is 2.78 bits per heavy atom. The fourth-order valence-electron chi connectivity index (χ4n) is 3.36. The topological polar surface area (TPSA) is 101 Å². The van der Waals surface area contributed by atoms with Crippen LogP contribution in [0.5, 0.6) is 5.75 Å². The molecular formula is C25H26N2O5. The van der Waals surface area contributed by atoms with E-state index in [-0.39, 0.29) is 13.2 Å². The lowest BCUT2D eigenvalue weighted by molar-refractivity contribution is -0.0623. The highest BCUT2D eigenvalue weighted by atomic mass is 16.5. The zero-order valence-electron chi connectivity index (χ0n) is 18.1. The van der Waals surface area contributed by atoms with Gasteiger partial charge in [0.1, 0.15) is 42.4 Å². The molecule has 1 heterocycles. The first-order valence-corrected chi connectivity index (χ1v) is 10.2. The summed E-state index contributed by atoms with van der Waals surface area (Å²) < 4.78 is 17.3. The third-order valence-corrected chi connectivity index (χ3v) is 5.09. The second-order valence-electron chi connectivity index (χ2n) is 7.88. The van der Waals surface area contributed by atoms with Gasteiger partial charge in [-0.1, -0.05) is 30.3 Å². The molecule has 0 amide bonds. The number of nitrogens with zero attached hydrogens (tertiary/aromatic N) is 1. The molecule has 7 heteroatoms. The van der Waals surface area contributed by atoms with E-state index in [0.29, 0.717) is 29.2 Å². The number of hydrogen-bond acceptors (Lipinski definition) is 7. The van der Waals surface area contributed by atoms with Gasteiger partial charge in [0.2, 0.25) is 0 Å². The summed E-state index contributed by atoms with van der Waals surface area (Å²) in [5.41, 5.74) is 1.30. The van der Waals surface area contributed by atoms with Gasteiger partial charge in [-0.3, -0.25) is 0 Å². The zero-order chi connectivity index (χ0) is 23.0. The number of carbonyl (C=O) groups excluding carboxylic acids is 1. The first kappa shape index (κ1) is 23.1. The molecule has 7 nitrogen and oxygen atoms in total. The highest BCUT2D eigenvalue weighted by Crippen LogP contribution is 2.40. The quantitative estimate of drug-likeness (QED) is 0.355. The van der Waals surface area contributed by atoms with Gasteiger partial charge in [-0.05, 0) is 37.6 Å². The minimum atomic E-state index is -0.894. The predicted molar refractivity (Wildman–Crippen MR) is 118 cm³/mol.